The highest BCUT2D eigenvalue weighted by Gasteiger charge is 2.11. The van der Waals surface area contributed by atoms with E-state index in [-0.39, 0.29) is 12.5 Å². The number of hydrogen-bond acceptors (Lipinski definition) is 5. The van der Waals surface area contributed by atoms with Gasteiger partial charge in [-0.1, -0.05) is 23.8 Å². The average molecular weight is 388 g/mol. The van der Waals surface area contributed by atoms with Crippen molar-refractivity contribution in [2.75, 3.05) is 19.0 Å². The van der Waals surface area contributed by atoms with Gasteiger partial charge in [-0.05, 0) is 49.4 Å². The van der Waals surface area contributed by atoms with Crippen LogP contribution in [0.2, 0.25) is 0 Å². The topological polar surface area (TPSA) is 73.6 Å². The van der Waals surface area contributed by atoms with Crippen LogP contribution in [0.15, 0.2) is 71.1 Å². The lowest BCUT2D eigenvalue weighted by molar-refractivity contribution is -0.118. The summed E-state index contributed by atoms with van der Waals surface area (Å²) >= 11 is 0. The molecule has 3 aromatic carbocycles. The van der Waals surface area contributed by atoms with Crippen molar-refractivity contribution in [3.63, 3.8) is 0 Å². The second kappa shape index (κ2) is 8.06. The molecule has 1 N–H and O–H groups in total. The van der Waals surface area contributed by atoms with Gasteiger partial charge in [-0.3, -0.25) is 4.79 Å². The second-order valence-electron chi connectivity index (χ2n) is 6.58. The number of anilines is 1. The summed E-state index contributed by atoms with van der Waals surface area (Å²) in [6, 6.07) is 20.3. The van der Waals surface area contributed by atoms with Crippen LogP contribution in [-0.4, -0.2) is 24.6 Å². The normalized spacial score (nSPS) is 10.7. The zero-order valence-corrected chi connectivity index (χ0v) is 16.1. The molecule has 29 heavy (non-hydrogen) atoms. The highest BCUT2D eigenvalue weighted by atomic mass is 16.5. The monoisotopic (exact) mass is 388 g/mol. The molecule has 0 bridgehead atoms. The maximum absolute atomic E-state index is 12.2. The van der Waals surface area contributed by atoms with Crippen molar-refractivity contribution in [3.05, 3.63) is 72.3 Å². The molecule has 0 aliphatic carbocycles. The Morgan fingerprint density at radius 1 is 1.03 bits per heavy atom. The third kappa shape index (κ3) is 4.38. The van der Waals surface area contributed by atoms with Crippen molar-refractivity contribution >= 4 is 22.7 Å². The number of nitrogens with zero attached hydrogens (tertiary/aromatic N) is 1. The lowest BCUT2D eigenvalue weighted by Gasteiger charge is -2.08. The molecule has 0 spiro atoms. The van der Waals surface area contributed by atoms with Gasteiger partial charge >= 0.3 is 0 Å². The van der Waals surface area contributed by atoms with E-state index in [2.05, 4.69) is 10.3 Å². The molecule has 0 fully saturated rings. The Labute approximate surface area is 168 Å². The van der Waals surface area contributed by atoms with E-state index >= 15 is 0 Å². The van der Waals surface area contributed by atoms with Gasteiger partial charge < -0.3 is 19.2 Å². The predicted molar refractivity (Wildman–Crippen MR) is 111 cm³/mol. The van der Waals surface area contributed by atoms with Crippen LogP contribution < -0.4 is 14.8 Å². The molecule has 146 valence electrons. The van der Waals surface area contributed by atoms with Crippen molar-refractivity contribution in [1.82, 2.24) is 4.98 Å². The van der Waals surface area contributed by atoms with E-state index in [1.165, 1.54) is 0 Å². The molecule has 0 saturated carbocycles. The number of benzene rings is 3. The highest BCUT2D eigenvalue weighted by molar-refractivity contribution is 5.92. The van der Waals surface area contributed by atoms with Crippen LogP contribution in [0.4, 0.5) is 5.69 Å². The predicted octanol–water partition coefficient (Wildman–Crippen LogP) is 4.83. The van der Waals surface area contributed by atoms with Crippen molar-refractivity contribution in [3.8, 4) is 23.0 Å². The summed E-state index contributed by atoms with van der Waals surface area (Å²) in [7, 11) is 1.61. The molecule has 0 aliphatic heterocycles. The molecule has 0 aliphatic rings. The molecule has 0 atom stereocenters. The van der Waals surface area contributed by atoms with Gasteiger partial charge in [-0.2, -0.15) is 0 Å². The molecular formula is C23H20N2O4. The van der Waals surface area contributed by atoms with Crippen molar-refractivity contribution in [2.24, 2.45) is 0 Å². The molecule has 0 radical (unpaired) electrons. The molecule has 0 saturated heterocycles. The summed E-state index contributed by atoms with van der Waals surface area (Å²) in [4.78, 5) is 16.7. The fourth-order valence-electron chi connectivity index (χ4n) is 2.87. The number of carbonyl (C=O) groups excluding carboxylic acids is 1. The number of amides is 1. The van der Waals surface area contributed by atoms with Crippen molar-refractivity contribution in [1.29, 1.82) is 0 Å². The number of aryl methyl sites for hydroxylation is 1. The van der Waals surface area contributed by atoms with Crippen LogP contribution in [0, 0.1) is 6.92 Å². The number of oxazole rings is 1. The van der Waals surface area contributed by atoms with E-state index < -0.39 is 0 Å². The SMILES string of the molecule is COc1ccc2oc(-c3cccc(NC(=O)COc4ccc(C)cc4)c3)nc2c1. The summed E-state index contributed by atoms with van der Waals surface area (Å²) in [5.41, 5.74) is 3.91. The Morgan fingerprint density at radius 2 is 1.83 bits per heavy atom. The Hall–Kier alpha value is -3.80. The van der Waals surface area contributed by atoms with Crippen LogP contribution >= 0.6 is 0 Å². The largest absolute Gasteiger partial charge is 0.497 e. The number of fused-ring (bicyclic) bond motifs is 1. The van der Waals surface area contributed by atoms with E-state index in [0.717, 1.165) is 11.1 Å². The minimum atomic E-state index is -0.245. The van der Waals surface area contributed by atoms with Crippen LogP contribution in [0.1, 0.15) is 5.56 Å². The first-order valence-corrected chi connectivity index (χ1v) is 9.15. The van der Waals surface area contributed by atoms with E-state index in [4.69, 9.17) is 13.9 Å². The smallest absolute Gasteiger partial charge is 0.262 e. The third-order valence-corrected chi connectivity index (χ3v) is 4.38. The van der Waals surface area contributed by atoms with Gasteiger partial charge in [0.15, 0.2) is 12.2 Å². The number of ether oxygens (including phenoxy) is 2. The molecule has 6 nitrogen and oxygen atoms in total. The number of nitrogens with one attached hydrogen (secondary N) is 1. The number of aromatic nitrogens is 1. The van der Waals surface area contributed by atoms with Gasteiger partial charge in [0, 0.05) is 17.3 Å². The average Bonchev–Trinajstić information content (AvgIpc) is 3.17. The Balaban J connectivity index is 1.45. The molecule has 1 heterocycles. The van der Waals surface area contributed by atoms with E-state index in [1.54, 1.807) is 13.2 Å². The first-order valence-electron chi connectivity index (χ1n) is 9.15. The first kappa shape index (κ1) is 18.6. The Bertz CT molecular complexity index is 1150. The van der Waals surface area contributed by atoms with Crippen LogP contribution in [-0.2, 0) is 4.79 Å². The van der Waals surface area contributed by atoms with Gasteiger partial charge in [-0.25, -0.2) is 4.98 Å². The maximum Gasteiger partial charge on any atom is 0.262 e. The fourth-order valence-corrected chi connectivity index (χ4v) is 2.87. The summed E-state index contributed by atoms with van der Waals surface area (Å²) < 4.78 is 16.6. The van der Waals surface area contributed by atoms with E-state index in [9.17, 15) is 4.79 Å². The molecule has 1 aromatic heterocycles. The number of rotatable bonds is 6. The standard InChI is InChI=1S/C23H20N2O4/c1-15-6-8-18(9-7-15)28-14-22(26)24-17-5-3-4-16(12-17)23-25-20-13-19(27-2)10-11-21(20)29-23/h3-13H,14H2,1-2H3,(H,24,26). The third-order valence-electron chi connectivity index (χ3n) is 4.38. The number of carbonyl (C=O) groups is 1. The summed E-state index contributed by atoms with van der Waals surface area (Å²) in [5, 5.41) is 2.83. The minimum Gasteiger partial charge on any atom is -0.497 e. The summed E-state index contributed by atoms with van der Waals surface area (Å²) in [6.07, 6.45) is 0. The van der Waals surface area contributed by atoms with Gasteiger partial charge in [0.25, 0.3) is 5.91 Å². The fraction of sp³-hybridized carbons (Fsp3) is 0.130. The van der Waals surface area contributed by atoms with Crippen molar-refractivity contribution in [2.45, 2.75) is 6.92 Å². The van der Waals surface area contributed by atoms with Gasteiger partial charge in [0.2, 0.25) is 5.89 Å². The van der Waals surface area contributed by atoms with E-state index in [0.29, 0.717) is 34.2 Å². The van der Waals surface area contributed by atoms with Crippen LogP contribution in [0.25, 0.3) is 22.6 Å². The molecule has 0 unspecified atom stereocenters. The lowest BCUT2D eigenvalue weighted by atomic mass is 10.2. The second-order valence-corrected chi connectivity index (χ2v) is 6.58. The molecule has 4 rings (SSSR count). The van der Waals surface area contributed by atoms with Crippen LogP contribution in [0.5, 0.6) is 11.5 Å². The lowest BCUT2D eigenvalue weighted by Crippen LogP contribution is -2.20. The quantitative estimate of drug-likeness (QED) is 0.512. The van der Waals surface area contributed by atoms with Gasteiger partial charge in [0.05, 0.1) is 7.11 Å². The van der Waals surface area contributed by atoms with E-state index in [1.807, 2.05) is 67.6 Å². The highest BCUT2D eigenvalue weighted by Crippen LogP contribution is 2.28. The first-order chi connectivity index (χ1) is 14.1. The van der Waals surface area contributed by atoms with Gasteiger partial charge in [-0.15, -0.1) is 0 Å². The van der Waals surface area contributed by atoms with Crippen molar-refractivity contribution < 1.29 is 18.7 Å². The Kier molecular flexibility index (Phi) is 5.16. The molecule has 6 heteroatoms. The van der Waals surface area contributed by atoms with Gasteiger partial charge in [0.1, 0.15) is 17.0 Å². The van der Waals surface area contributed by atoms with Crippen LogP contribution in [0.3, 0.4) is 0 Å². The summed E-state index contributed by atoms with van der Waals surface area (Å²) in [5.74, 6) is 1.60. The zero-order valence-electron chi connectivity index (χ0n) is 16.1. The Morgan fingerprint density at radius 3 is 2.62 bits per heavy atom. The minimum absolute atomic E-state index is 0.0734. The zero-order chi connectivity index (χ0) is 20.2. The molecule has 1 amide bonds. The molecular weight excluding hydrogens is 368 g/mol. The number of methoxy groups -OCH3 is 1. The summed E-state index contributed by atoms with van der Waals surface area (Å²) in [6.45, 7) is 1.92. The number of hydrogen-bond donors (Lipinski definition) is 1. The maximum atomic E-state index is 12.2. The molecule has 4 aromatic rings.